The molecule has 1 aliphatic heterocycles. The average Bonchev–Trinajstić information content (AvgIpc) is 3.20. The van der Waals surface area contributed by atoms with Crippen LogP contribution in [0.1, 0.15) is 24.3 Å². The maximum absolute atomic E-state index is 13.6. The highest BCUT2D eigenvalue weighted by atomic mass is 35.5. The quantitative estimate of drug-likeness (QED) is 0.843. The lowest BCUT2D eigenvalue weighted by molar-refractivity contribution is -0.141. The van der Waals surface area contributed by atoms with E-state index in [1.165, 1.54) is 6.07 Å². The first kappa shape index (κ1) is 19.3. The van der Waals surface area contributed by atoms with Gasteiger partial charge in [-0.3, -0.25) is 4.79 Å². The number of halogens is 2. The molecule has 8 heteroatoms. The largest absolute Gasteiger partial charge is 0.481 e. The van der Waals surface area contributed by atoms with Crippen molar-refractivity contribution >= 4 is 18.4 Å². The molecule has 6 nitrogen and oxygen atoms in total. The number of rotatable bonds is 6. The van der Waals surface area contributed by atoms with E-state index in [0.29, 0.717) is 42.2 Å². The Morgan fingerprint density at radius 1 is 1.48 bits per heavy atom. The molecule has 0 bridgehead atoms. The summed E-state index contributed by atoms with van der Waals surface area (Å²) in [5, 5.41) is 12.9. The van der Waals surface area contributed by atoms with Crippen LogP contribution in [0.25, 0.3) is 11.4 Å². The van der Waals surface area contributed by atoms with Crippen molar-refractivity contribution in [2.24, 2.45) is 5.92 Å². The maximum atomic E-state index is 13.6. The van der Waals surface area contributed by atoms with Crippen LogP contribution >= 0.6 is 12.4 Å². The summed E-state index contributed by atoms with van der Waals surface area (Å²) in [5.74, 6) is -0.363. The first-order chi connectivity index (χ1) is 11.5. The number of likely N-dealkylation sites (tertiary alicyclic amines) is 1. The molecule has 0 amide bonds. The molecule has 2 heterocycles. The molecule has 2 aromatic rings. The molecule has 0 spiro atoms. The molecule has 1 aromatic heterocycles. The van der Waals surface area contributed by atoms with Crippen molar-refractivity contribution in [2.45, 2.75) is 26.2 Å². The topological polar surface area (TPSA) is 79.5 Å². The Balaban J connectivity index is 0.00000225. The molecule has 1 saturated heterocycles. The summed E-state index contributed by atoms with van der Waals surface area (Å²) >= 11 is 0. The third-order valence-corrected chi connectivity index (χ3v) is 4.38. The van der Waals surface area contributed by atoms with Gasteiger partial charge < -0.3 is 14.5 Å². The Morgan fingerprint density at radius 3 is 2.96 bits per heavy atom. The van der Waals surface area contributed by atoms with E-state index in [2.05, 4.69) is 15.0 Å². The number of hydrogen-bond donors (Lipinski definition) is 1. The fourth-order valence-electron chi connectivity index (χ4n) is 2.90. The number of carboxylic acid groups (broad SMARTS) is 1. The molecule has 0 aliphatic carbocycles. The minimum atomic E-state index is -0.718. The predicted molar refractivity (Wildman–Crippen MR) is 92.2 cm³/mol. The zero-order valence-corrected chi connectivity index (χ0v) is 14.8. The van der Waals surface area contributed by atoms with E-state index in [1.807, 2.05) is 0 Å². The molecule has 1 aromatic carbocycles. The van der Waals surface area contributed by atoms with Gasteiger partial charge in [-0.2, -0.15) is 4.98 Å². The fraction of sp³-hybridized carbons (Fsp3) is 0.471. The molecule has 0 radical (unpaired) electrons. The normalized spacial score (nSPS) is 17.4. The van der Waals surface area contributed by atoms with Gasteiger partial charge in [0.05, 0.1) is 5.92 Å². The second kappa shape index (κ2) is 8.40. The first-order valence-corrected chi connectivity index (χ1v) is 8.07. The monoisotopic (exact) mass is 369 g/mol. The maximum Gasteiger partial charge on any atom is 0.307 e. The number of aromatic nitrogens is 2. The van der Waals surface area contributed by atoms with E-state index >= 15 is 0 Å². The number of carbonyl (C=O) groups is 1. The zero-order valence-electron chi connectivity index (χ0n) is 13.9. The summed E-state index contributed by atoms with van der Waals surface area (Å²) in [4.78, 5) is 17.4. The fourth-order valence-corrected chi connectivity index (χ4v) is 2.90. The summed E-state index contributed by atoms with van der Waals surface area (Å²) in [5.41, 5.74) is 1.17. The van der Waals surface area contributed by atoms with Gasteiger partial charge in [0, 0.05) is 18.5 Å². The molecule has 25 heavy (non-hydrogen) atoms. The minimum Gasteiger partial charge on any atom is -0.481 e. The van der Waals surface area contributed by atoms with Gasteiger partial charge in [-0.1, -0.05) is 17.3 Å². The summed E-state index contributed by atoms with van der Waals surface area (Å²) in [6.07, 6.45) is 2.14. The van der Waals surface area contributed by atoms with E-state index < -0.39 is 5.97 Å². The lowest BCUT2D eigenvalue weighted by atomic mass is 10.1. The molecule has 1 aliphatic rings. The van der Waals surface area contributed by atoms with Crippen LogP contribution in [0, 0.1) is 18.7 Å². The van der Waals surface area contributed by atoms with Crippen LogP contribution in [0.3, 0.4) is 0 Å². The Bertz CT molecular complexity index is 738. The highest BCUT2D eigenvalue weighted by Crippen LogP contribution is 2.20. The molecule has 3 rings (SSSR count). The summed E-state index contributed by atoms with van der Waals surface area (Å²) < 4.78 is 18.8. The molecule has 0 saturated carbocycles. The number of nitrogens with zero attached hydrogens (tertiary/aromatic N) is 3. The summed E-state index contributed by atoms with van der Waals surface area (Å²) in [6.45, 7) is 3.93. The predicted octanol–water partition coefficient (Wildman–Crippen LogP) is 2.95. The highest BCUT2D eigenvalue weighted by molar-refractivity contribution is 5.85. The standard InChI is InChI=1S/C17H20FN3O3.ClH/c1-11-4-5-12(9-14(11)18)16-19-15(24-20-16)3-2-7-21-8-6-13(10-21)17(22)23;/h4-5,9,13H,2-3,6-8,10H2,1H3,(H,22,23);1H. The summed E-state index contributed by atoms with van der Waals surface area (Å²) in [7, 11) is 0. The SMILES string of the molecule is Cc1ccc(-c2noc(CCCN3CCC(C(=O)O)C3)n2)cc1F.Cl. The molecular formula is C17H21ClFN3O3. The molecule has 1 N–H and O–H groups in total. The van der Waals surface area contributed by atoms with E-state index in [0.717, 1.165) is 19.5 Å². The molecule has 1 unspecified atom stereocenters. The van der Waals surface area contributed by atoms with Crippen molar-refractivity contribution < 1.29 is 18.8 Å². The van der Waals surface area contributed by atoms with Crippen molar-refractivity contribution in [3.8, 4) is 11.4 Å². The lowest BCUT2D eigenvalue weighted by Gasteiger charge is -2.13. The third-order valence-electron chi connectivity index (χ3n) is 4.38. The van der Waals surface area contributed by atoms with Gasteiger partial charge in [0.1, 0.15) is 5.82 Å². The van der Waals surface area contributed by atoms with Crippen molar-refractivity contribution in [3.63, 3.8) is 0 Å². The molecule has 1 atom stereocenters. The van der Waals surface area contributed by atoms with Gasteiger partial charge in [0.15, 0.2) is 0 Å². The van der Waals surface area contributed by atoms with Crippen molar-refractivity contribution in [3.05, 3.63) is 35.5 Å². The number of aryl methyl sites for hydroxylation is 2. The van der Waals surface area contributed by atoms with Crippen LogP contribution < -0.4 is 0 Å². The number of benzene rings is 1. The van der Waals surface area contributed by atoms with Crippen LogP contribution in [0.5, 0.6) is 0 Å². The summed E-state index contributed by atoms with van der Waals surface area (Å²) in [6, 6.07) is 4.86. The average molecular weight is 370 g/mol. The third kappa shape index (κ3) is 4.76. The van der Waals surface area contributed by atoms with Gasteiger partial charge in [-0.05, 0) is 44.5 Å². The molecular weight excluding hydrogens is 349 g/mol. The first-order valence-electron chi connectivity index (χ1n) is 8.07. The van der Waals surface area contributed by atoms with Gasteiger partial charge in [0.2, 0.25) is 11.7 Å². The Hall–Kier alpha value is -1.99. The second-order valence-electron chi connectivity index (χ2n) is 6.20. The van der Waals surface area contributed by atoms with Crippen molar-refractivity contribution in [2.75, 3.05) is 19.6 Å². The van der Waals surface area contributed by atoms with Gasteiger partial charge in [-0.25, -0.2) is 4.39 Å². The van der Waals surface area contributed by atoms with Gasteiger partial charge >= 0.3 is 5.97 Å². The van der Waals surface area contributed by atoms with Crippen LogP contribution in [-0.2, 0) is 11.2 Å². The van der Waals surface area contributed by atoms with E-state index in [9.17, 15) is 9.18 Å². The molecule has 136 valence electrons. The highest BCUT2D eigenvalue weighted by Gasteiger charge is 2.27. The zero-order chi connectivity index (χ0) is 17.1. The Morgan fingerprint density at radius 2 is 2.28 bits per heavy atom. The van der Waals surface area contributed by atoms with E-state index in [-0.39, 0.29) is 24.1 Å². The van der Waals surface area contributed by atoms with Crippen LogP contribution in [0.15, 0.2) is 22.7 Å². The number of carboxylic acids is 1. The second-order valence-corrected chi connectivity index (χ2v) is 6.20. The van der Waals surface area contributed by atoms with E-state index in [4.69, 9.17) is 9.63 Å². The number of aliphatic carboxylic acids is 1. The van der Waals surface area contributed by atoms with Gasteiger partial charge in [-0.15, -0.1) is 12.4 Å². The Labute approximate surface area is 151 Å². The van der Waals surface area contributed by atoms with Crippen LogP contribution in [-0.4, -0.2) is 45.8 Å². The Kier molecular flexibility index (Phi) is 6.50. The molecule has 1 fully saturated rings. The van der Waals surface area contributed by atoms with Crippen molar-refractivity contribution in [1.82, 2.24) is 15.0 Å². The lowest BCUT2D eigenvalue weighted by Crippen LogP contribution is -2.24. The van der Waals surface area contributed by atoms with Crippen molar-refractivity contribution in [1.29, 1.82) is 0 Å². The van der Waals surface area contributed by atoms with E-state index in [1.54, 1.807) is 19.1 Å². The number of hydrogen-bond acceptors (Lipinski definition) is 5. The van der Waals surface area contributed by atoms with Crippen LogP contribution in [0.4, 0.5) is 4.39 Å². The van der Waals surface area contributed by atoms with Crippen LogP contribution in [0.2, 0.25) is 0 Å². The minimum absolute atomic E-state index is 0. The smallest absolute Gasteiger partial charge is 0.307 e. The van der Waals surface area contributed by atoms with Gasteiger partial charge in [0.25, 0.3) is 0 Å².